The molecule has 1 aliphatic heterocycles. The summed E-state index contributed by atoms with van der Waals surface area (Å²) < 4.78 is 15.9. The highest BCUT2D eigenvalue weighted by atomic mass is 16.6. The average Bonchev–Trinajstić information content (AvgIpc) is 2.65. The predicted octanol–water partition coefficient (Wildman–Crippen LogP) is 2.03. The molecule has 2 aromatic rings. The Kier molecular flexibility index (Phi) is 4.65. The Morgan fingerprint density at radius 1 is 1.12 bits per heavy atom. The van der Waals surface area contributed by atoms with Gasteiger partial charge in [0.15, 0.2) is 6.61 Å². The molecule has 1 atom stereocenters. The van der Waals surface area contributed by atoms with Crippen LogP contribution in [0.2, 0.25) is 0 Å². The van der Waals surface area contributed by atoms with E-state index in [1.54, 1.807) is 36.4 Å². The third-order valence-electron chi connectivity index (χ3n) is 3.64. The Morgan fingerprint density at radius 2 is 1.83 bits per heavy atom. The molecule has 3 rings (SSSR count). The first-order valence-electron chi connectivity index (χ1n) is 7.51. The maximum absolute atomic E-state index is 12.6. The van der Waals surface area contributed by atoms with E-state index in [1.165, 1.54) is 12.0 Å². The van der Waals surface area contributed by atoms with Crippen LogP contribution < -0.4 is 14.4 Å². The number of methoxy groups -OCH3 is 1. The maximum Gasteiger partial charge on any atom is 0.348 e. The zero-order valence-corrected chi connectivity index (χ0v) is 13.2. The Morgan fingerprint density at radius 3 is 2.58 bits per heavy atom. The molecule has 6 heteroatoms. The second kappa shape index (κ2) is 7.04. The van der Waals surface area contributed by atoms with Gasteiger partial charge >= 0.3 is 5.97 Å². The molecular formula is C18H17NO5. The molecule has 24 heavy (non-hydrogen) atoms. The fourth-order valence-corrected chi connectivity index (χ4v) is 2.46. The summed E-state index contributed by atoms with van der Waals surface area (Å²) in [7, 11) is 1.29. The normalized spacial score (nSPS) is 15.9. The number of carbonyl (C=O) groups is 2. The van der Waals surface area contributed by atoms with Crippen molar-refractivity contribution in [3.8, 4) is 11.5 Å². The van der Waals surface area contributed by atoms with Crippen LogP contribution in [0.5, 0.6) is 11.5 Å². The molecule has 124 valence electrons. The monoisotopic (exact) mass is 327 g/mol. The first-order chi connectivity index (χ1) is 11.7. The first kappa shape index (κ1) is 15.9. The lowest BCUT2D eigenvalue weighted by molar-refractivity contribution is -0.148. The zero-order valence-electron chi connectivity index (χ0n) is 13.2. The number of carbonyl (C=O) groups excluding carboxylic acids is 2. The van der Waals surface area contributed by atoms with E-state index in [-0.39, 0.29) is 19.1 Å². The zero-order chi connectivity index (χ0) is 16.9. The van der Waals surface area contributed by atoms with Crippen LogP contribution in [-0.2, 0) is 14.3 Å². The number of nitrogens with zero attached hydrogens (tertiary/aromatic N) is 1. The van der Waals surface area contributed by atoms with Gasteiger partial charge in [0.1, 0.15) is 11.5 Å². The predicted molar refractivity (Wildman–Crippen MR) is 87.2 cm³/mol. The minimum absolute atomic E-state index is 0.0840. The van der Waals surface area contributed by atoms with Crippen molar-refractivity contribution in [2.45, 2.75) is 6.10 Å². The minimum Gasteiger partial charge on any atom is -0.484 e. The van der Waals surface area contributed by atoms with Crippen LogP contribution in [0.25, 0.3) is 0 Å². The standard InChI is InChI=1S/C18H17NO5/c1-22-18(21)16-11-19(14-9-5-6-10-15(14)24-16)17(20)12-23-13-7-3-2-4-8-13/h2-10,16H,11-12H2,1H3/t16-/m0/s1. The van der Waals surface area contributed by atoms with Gasteiger partial charge in [-0.05, 0) is 24.3 Å². The van der Waals surface area contributed by atoms with Crippen molar-refractivity contribution in [1.82, 2.24) is 0 Å². The van der Waals surface area contributed by atoms with Crippen LogP contribution in [0.1, 0.15) is 0 Å². The number of para-hydroxylation sites is 3. The molecule has 0 saturated carbocycles. The Bertz CT molecular complexity index is 731. The van der Waals surface area contributed by atoms with E-state index in [2.05, 4.69) is 0 Å². The maximum atomic E-state index is 12.6. The van der Waals surface area contributed by atoms with E-state index in [4.69, 9.17) is 14.2 Å². The number of anilines is 1. The van der Waals surface area contributed by atoms with Crippen molar-refractivity contribution in [2.24, 2.45) is 0 Å². The van der Waals surface area contributed by atoms with Gasteiger partial charge in [-0.25, -0.2) is 4.79 Å². The van der Waals surface area contributed by atoms with Crippen molar-refractivity contribution >= 4 is 17.6 Å². The van der Waals surface area contributed by atoms with E-state index in [9.17, 15) is 9.59 Å². The van der Waals surface area contributed by atoms with E-state index in [0.717, 1.165) is 0 Å². The van der Waals surface area contributed by atoms with Crippen molar-refractivity contribution < 1.29 is 23.8 Å². The summed E-state index contributed by atoms with van der Waals surface area (Å²) in [5.74, 6) is 0.291. The summed E-state index contributed by atoms with van der Waals surface area (Å²) in [4.78, 5) is 25.9. The van der Waals surface area contributed by atoms with Crippen LogP contribution in [-0.4, -0.2) is 38.2 Å². The number of amides is 1. The second-order valence-corrected chi connectivity index (χ2v) is 5.20. The van der Waals surface area contributed by atoms with Crippen LogP contribution >= 0.6 is 0 Å². The lowest BCUT2D eigenvalue weighted by Crippen LogP contribution is -2.48. The lowest BCUT2D eigenvalue weighted by Gasteiger charge is -2.33. The smallest absolute Gasteiger partial charge is 0.348 e. The number of fused-ring (bicyclic) bond motifs is 1. The Labute approximate surface area is 139 Å². The van der Waals surface area contributed by atoms with Gasteiger partial charge in [-0.1, -0.05) is 30.3 Å². The summed E-state index contributed by atoms with van der Waals surface area (Å²) in [6, 6.07) is 16.1. The quantitative estimate of drug-likeness (QED) is 0.804. The molecule has 0 bridgehead atoms. The van der Waals surface area contributed by atoms with Crippen LogP contribution in [0.4, 0.5) is 5.69 Å². The number of hydrogen-bond donors (Lipinski definition) is 0. The molecule has 0 radical (unpaired) electrons. The third kappa shape index (κ3) is 3.32. The van der Waals surface area contributed by atoms with E-state index < -0.39 is 12.1 Å². The molecule has 1 aliphatic rings. The Balaban J connectivity index is 1.77. The fourth-order valence-electron chi connectivity index (χ4n) is 2.46. The van der Waals surface area contributed by atoms with Crippen LogP contribution in [0.3, 0.4) is 0 Å². The highest BCUT2D eigenvalue weighted by molar-refractivity contribution is 5.97. The van der Waals surface area contributed by atoms with E-state index in [1.807, 2.05) is 18.2 Å². The first-order valence-corrected chi connectivity index (χ1v) is 7.51. The molecule has 0 spiro atoms. The molecule has 1 amide bonds. The summed E-state index contributed by atoms with van der Waals surface area (Å²) in [6.07, 6.45) is -0.856. The fraction of sp³-hybridized carbons (Fsp3) is 0.222. The highest BCUT2D eigenvalue weighted by Gasteiger charge is 2.34. The lowest BCUT2D eigenvalue weighted by atomic mass is 10.2. The molecule has 1 heterocycles. The van der Waals surface area contributed by atoms with Crippen molar-refractivity contribution in [2.75, 3.05) is 25.2 Å². The summed E-state index contributed by atoms with van der Waals surface area (Å²) >= 11 is 0. The van der Waals surface area contributed by atoms with Gasteiger partial charge in [-0.15, -0.1) is 0 Å². The highest BCUT2D eigenvalue weighted by Crippen LogP contribution is 2.33. The largest absolute Gasteiger partial charge is 0.484 e. The molecule has 0 saturated heterocycles. The second-order valence-electron chi connectivity index (χ2n) is 5.20. The van der Waals surface area contributed by atoms with Gasteiger partial charge < -0.3 is 19.1 Å². The van der Waals surface area contributed by atoms with Crippen molar-refractivity contribution in [3.05, 3.63) is 54.6 Å². The summed E-state index contributed by atoms with van der Waals surface area (Å²) in [6.45, 7) is -0.0487. The number of ether oxygens (including phenoxy) is 3. The average molecular weight is 327 g/mol. The third-order valence-corrected chi connectivity index (χ3v) is 3.64. The number of rotatable bonds is 4. The molecule has 0 unspecified atom stereocenters. The van der Waals surface area contributed by atoms with Gasteiger partial charge in [-0.2, -0.15) is 0 Å². The van der Waals surface area contributed by atoms with Crippen molar-refractivity contribution in [3.63, 3.8) is 0 Å². The van der Waals surface area contributed by atoms with E-state index in [0.29, 0.717) is 17.2 Å². The molecule has 0 fully saturated rings. The van der Waals surface area contributed by atoms with Gasteiger partial charge in [-0.3, -0.25) is 4.79 Å². The number of benzene rings is 2. The molecular weight excluding hydrogens is 310 g/mol. The molecule has 0 aliphatic carbocycles. The van der Waals surface area contributed by atoms with E-state index >= 15 is 0 Å². The minimum atomic E-state index is -0.856. The molecule has 6 nitrogen and oxygen atoms in total. The Hall–Kier alpha value is -3.02. The summed E-state index contributed by atoms with van der Waals surface area (Å²) in [5, 5.41) is 0. The summed E-state index contributed by atoms with van der Waals surface area (Å²) in [5.41, 5.74) is 0.610. The van der Waals surface area contributed by atoms with Gasteiger partial charge in [0.05, 0.1) is 19.3 Å². The van der Waals surface area contributed by atoms with Gasteiger partial charge in [0.25, 0.3) is 5.91 Å². The van der Waals surface area contributed by atoms with Crippen LogP contribution in [0, 0.1) is 0 Å². The van der Waals surface area contributed by atoms with Gasteiger partial charge in [0.2, 0.25) is 6.10 Å². The number of hydrogen-bond acceptors (Lipinski definition) is 5. The van der Waals surface area contributed by atoms with Crippen LogP contribution in [0.15, 0.2) is 54.6 Å². The molecule has 0 aromatic heterocycles. The molecule has 2 aromatic carbocycles. The van der Waals surface area contributed by atoms with Gasteiger partial charge in [0, 0.05) is 0 Å². The topological polar surface area (TPSA) is 65.1 Å². The van der Waals surface area contributed by atoms with Crippen molar-refractivity contribution in [1.29, 1.82) is 0 Å². The number of esters is 1. The molecule has 0 N–H and O–H groups in total. The SMILES string of the molecule is COC(=O)[C@@H]1CN(C(=O)COc2ccccc2)c2ccccc2O1.